The first-order valence-electron chi connectivity index (χ1n) is 4.98. The molecule has 0 atom stereocenters. The molecule has 1 heterocycles. The van der Waals surface area contributed by atoms with Crippen molar-refractivity contribution >= 4 is 11.8 Å². The molecule has 4 nitrogen and oxygen atoms in total. The second-order valence-corrected chi connectivity index (χ2v) is 3.58. The van der Waals surface area contributed by atoms with Gasteiger partial charge in [0.1, 0.15) is 11.4 Å². The molecule has 0 saturated carbocycles. The Labute approximate surface area is 89.5 Å². The Kier molecular flexibility index (Phi) is 3.66. The first kappa shape index (κ1) is 11.5. The Morgan fingerprint density at radius 3 is 2.80 bits per heavy atom. The largest absolute Gasteiger partial charge is 0.462 e. The molecule has 1 aromatic rings. The molecule has 0 radical (unpaired) electrons. The van der Waals surface area contributed by atoms with E-state index < -0.39 is 5.97 Å². The molecule has 0 aliphatic rings. The van der Waals surface area contributed by atoms with Crippen molar-refractivity contribution in [3.63, 3.8) is 0 Å². The summed E-state index contributed by atoms with van der Waals surface area (Å²) in [5, 5.41) is 0. The number of nitrogens with zero attached hydrogens (tertiary/aromatic N) is 1. The molecule has 0 fully saturated rings. The minimum Gasteiger partial charge on any atom is -0.462 e. The maximum absolute atomic E-state index is 11.5. The van der Waals surface area contributed by atoms with Gasteiger partial charge in [0.15, 0.2) is 0 Å². The molecule has 15 heavy (non-hydrogen) atoms. The van der Waals surface area contributed by atoms with Gasteiger partial charge in [-0.3, -0.25) is 0 Å². The standard InChI is InChI=1S/C11H16N2O2/c1-4-15-11(14)9-5-8(7(2)3)6-13-10(9)12/h5-7H,4H2,1-3H3,(H2,12,13). The van der Waals surface area contributed by atoms with Gasteiger partial charge in [0.25, 0.3) is 0 Å². The summed E-state index contributed by atoms with van der Waals surface area (Å²) in [6.45, 7) is 6.16. The van der Waals surface area contributed by atoms with Crippen molar-refractivity contribution in [2.24, 2.45) is 0 Å². The van der Waals surface area contributed by atoms with Crippen molar-refractivity contribution in [3.8, 4) is 0 Å². The van der Waals surface area contributed by atoms with Gasteiger partial charge in [-0.1, -0.05) is 13.8 Å². The smallest absolute Gasteiger partial charge is 0.341 e. The van der Waals surface area contributed by atoms with Crippen LogP contribution in [0.4, 0.5) is 5.82 Å². The van der Waals surface area contributed by atoms with Crippen LogP contribution in [-0.4, -0.2) is 17.6 Å². The number of anilines is 1. The van der Waals surface area contributed by atoms with Gasteiger partial charge in [-0.2, -0.15) is 0 Å². The lowest BCUT2D eigenvalue weighted by Crippen LogP contribution is -2.10. The van der Waals surface area contributed by atoms with E-state index in [1.165, 1.54) is 0 Å². The van der Waals surface area contributed by atoms with Crippen molar-refractivity contribution in [3.05, 3.63) is 23.4 Å². The maximum atomic E-state index is 11.5. The molecule has 82 valence electrons. The molecule has 4 heteroatoms. The Balaban J connectivity index is 3.05. The second kappa shape index (κ2) is 4.77. The predicted octanol–water partition coefficient (Wildman–Crippen LogP) is 1.96. The first-order chi connectivity index (χ1) is 7.06. The predicted molar refractivity (Wildman–Crippen MR) is 58.7 cm³/mol. The Hall–Kier alpha value is -1.58. The third-order valence-electron chi connectivity index (χ3n) is 2.10. The van der Waals surface area contributed by atoms with Crippen molar-refractivity contribution < 1.29 is 9.53 Å². The monoisotopic (exact) mass is 208 g/mol. The van der Waals surface area contributed by atoms with Crippen LogP contribution in [0.1, 0.15) is 42.6 Å². The van der Waals surface area contributed by atoms with Crippen LogP contribution in [-0.2, 0) is 4.74 Å². The van der Waals surface area contributed by atoms with Gasteiger partial charge in [0, 0.05) is 6.20 Å². The zero-order chi connectivity index (χ0) is 11.4. The number of carbonyl (C=O) groups excluding carboxylic acids is 1. The van der Waals surface area contributed by atoms with Gasteiger partial charge < -0.3 is 10.5 Å². The van der Waals surface area contributed by atoms with Crippen molar-refractivity contribution in [1.29, 1.82) is 0 Å². The molecule has 0 amide bonds. The molecule has 1 aromatic heterocycles. The maximum Gasteiger partial charge on any atom is 0.341 e. The molecule has 0 aromatic carbocycles. The fourth-order valence-corrected chi connectivity index (χ4v) is 1.18. The van der Waals surface area contributed by atoms with Crippen molar-refractivity contribution in [1.82, 2.24) is 4.98 Å². The van der Waals surface area contributed by atoms with E-state index in [1.54, 1.807) is 19.2 Å². The zero-order valence-corrected chi connectivity index (χ0v) is 9.28. The molecule has 0 saturated heterocycles. The molecule has 0 aliphatic heterocycles. The van der Waals surface area contributed by atoms with Gasteiger partial charge in [0.05, 0.1) is 6.61 Å². The Morgan fingerprint density at radius 2 is 2.27 bits per heavy atom. The van der Waals surface area contributed by atoms with Gasteiger partial charge in [0.2, 0.25) is 0 Å². The lowest BCUT2D eigenvalue weighted by atomic mass is 10.0. The number of pyridine rings is 1. The van der Waals surface area contributed by atoms with Crippen LogP contribution in [0.25, 0.3) is 0 Å². The molecule has 2 N–H and O–H groups in total. The van der Waals surface area contributed by atoms with E-state index in [0.29, 0.717) is 18.1 Å². The van der Waals surface area contributed by atoms with Gasteiger partial charge in [-0.25, -0.2) is 9.78 Å². The summed E-state index contributed by atoms with van der Waals surface area (Å²) < 4.78 is 4.88. The number of ether oxygens (including phenoxy) is 1. The van der Waals surface area contributed by atoms with E-state index in [0.717, 1.165) is 5.56 Å². The summed E-state index contributed by atoms with van der Waals surface area (Å²) in [6.07, 6.45) is 1.68. The quantitative estimate of drug-likeness (QED) is 0.771. The fraction of sp³-hybridized carbons (Fsp3) is 0.455. The van der Waals surface area contributed by atoms with Crippen molar-refractivity contribution in [2.75, 3.05) is 12.3 Å². The van der Waals surface area contributed by atoms with E-state index in [-0.39, 0.29) is 5.82 Å². The third-order valence-corrected chi connectivity index (χ3v) is 2.10. The summed E-state index contributed by atoms with van der Waals surface area (Å²) in [6, 6.07) is 1.74. The summed E-state index contributed by atoms with van der Waals surface area (Å²) in [5.74, 6) is 0.120. The lowest BCUT2D eigenvalue weighted by molar-refractivity contribution is 0.0527. The number of nitrogen functional groups attached to an aromatic ring is 1. The van der Waals surface area contributed by atoms with Crippen LogP contribution in [0.2, 0.25) is 0 Å². The Bertz CT molecular complexity index is 362. The summed E-state index contributed by atoms with van der Waals surface area (Å²) in [4.78, 5) is 15.5. The normalized spacial score (nSPS) is 10.4. The van der Waals surface area contributed by atoms with Crippen LogP contribution in [0.15, 0.2) is 12.3 Å². The second-order valence-electron chi connectivity index (χ2n) is 3.58. The van der Waals surface area contributed by atoms with E-state index in [1.807, 2.05) is 13.8 Å². The Morgan fingerprint density at radius 1 is 1.60 bits per heavy atom. The molecule has 0 aliphatic carbocycles. The number of rotatable bonds is 3. The molecule has 0 bridgehead atoms. The SMILES string of the molecule is CCOC(=O)c1cc(C(C)C)cnc1N. The van der Waals surface area contributed by atoms with Gasteiger partial charge in [-0.05, 0) is 24.5 Å². The average Bonchev–Trinajstić information content (AvgIpc) is 2.18. The number of esters is 1. The highest BCUT2D eigenvalue weighted by molar-refractivity contribution is 5.94. The van der Waals surface area contributed by atoms with E-state index in [9.17, 15) is 4.79 Å². The van der Waals surface area contributed by atoms with Crippen LogP contribution in [0.5, 0.6) is 0 Å². The summed E-state index contributed by atoms with van der Waals surface area (Å²) in [5.41, 5.74) is 6.94. The minimum atomic E-state index is -0.412. The molecular weight excluding hydrogens is 192 g/mol. The molecule has 1 rings (SSSR count). The minimum absolute atomic E-state index is 0.220. The summed E-state index contributed by atoms with van der Waals surface area (Å²) >= 11 is 0. The number of carbonyl (C=O) groups is 1. The van der Waals surface area contributed by atoms with E-state index >= 15 is 0 Å². The zero-order valence-electron chi connectivity index (χ0n) is 9.28. The molecule has 0 unspecified atom stereocenters. The van der Waals surface area contributed by atoms with Gasteiger partial charge >= 0.3 is 5.97 Å². The highest BCUT2D eigenvalue weighted by Gasteiger charge is 2.13. The van der Waals surface area contributed by atoms with Gasteiger partial charge in [-0.15, -0.1) is 0 Å². The average molecular weight is 208 g/mol. The van der Waals surface area contributed by atoms with Crippen LogP contribution >= 0.6 is 0 Å². The van der Waals surface area contributed by atoms with Crippen LogP contribution in [0.3, 0.4) is 0 Å². The lowest BCUT2D eigenvalue weighted by Gasteiger charge is -2.09. The van der Waals surface area contributed by atoms with E-state index in [4.69, 9.17) is 10.5 Å². The van der Waals surface area contributed by atoms with Crippen molar-refractivity contribution in [2.45, 2.75) is 26.7 Å². The number of hydrogen-bond donors (Lipinski definition) is 1. The highest BCUT2D eigenvalue weighted by atomic mass is 16.5. The first-order valence-corrected chi connectivity index (χ1v) is 4.98. The number of nitrogens with two attached hydrogens (primary N) is 1. The fourth-order valence-electron chi connectivity index (χ4n) is 1.18. The number of hydrogen-bond acceptors (Lipinski definition) is 4. The summed E-state index contributed by atoms with van der Waals surface area (Å²) in [7, 11) is 0. The third kappa shape index (κ3) is 2.68. The van der Waals surface area contributed by atoms with E-state index in [2.05, 4.69) is 4.98 Å². The number of aromatic nitrogens is 1. The molecular formula is C11H16N2O2. The van der Waals surface area contributed by atoms with Crippen LogP contribution < -0.4 is 5.73 Å². The molecule has 0 spiro atoms. The highest BCUT2D eigenvalue weighted by Crippen LogP contribution is 2.18. The van der Waals surface area contributed by atoms with Crippen LogP contribution in [0, 0.1) is 0 Å². The topological polar surface area (TPSA) is 65.2 Å².